The van der Waals surface area contributed by atoms with Gasteiger partial charge in [-0.25, -0.2) is 0 Å². The van der Waals surface area contributed by atoms with Crippen molar-refractivity contribution in [1.82, 2.24) is 4.98 Å². The van der Waals surface area contributed by atoms with E-state index in [9.17, 15) is 0 Å². The van der Waals surface area contributed by atoms with E-state index in [-0.39, 0.29) is 5.60 Å². The van der Waals surface area contributed by atoms with Gasteiger partial charge in [-0.3, -0.25) is 4.98 Å². The molecule has 2 aromatic carbocycles. The van der Waals surface area contributed by atoms with Crippen LogP contribution in [-0.4, -0.2) is 24.8 Å². The highest BCUT2D eigenvalue weighted by molar-refractivity contribution is 6.07. The van der Waals surface area contributed by atoms with E-state index in [4.69, 9.17) is 14.2 Å². The van der Waals surface area contributed by atoms with Crippen LogP contribution < -0.4 is 14.2 Å². The van der Waals surface area contributed by atoms with Crippen LogP contribution in [0, 0.1) is 0 Å². The fourth-order valence-corrected chi connectivity index (χ4v) is 3.11. The number of fused-ring (bicyclic) bond motifs is 4. The molecule has 0 radical (unpaired) electrons. The maximum atomic E-state index is 6.05. The molecule has 0 saturated carbocycles. The Morgan fingerprint density at radius 1 is 0.958 bits per heavy atom. The Morgan fingerprint density at radius 3 is 2.46 bits per heavy atom. The second kappa shape index (κ2) is 5.13. The van der Waals surface area contributed by atoms with E-state index in [0.29, 0.717) is 11.5 Å². The smallest absolute Gasteiger partial charge is 0.161 e. The van der Waals surface area contributed by atoms with Gasteiger partial charge in [0.2, 0.25) is 0 Å². The van der Waals surface area contributed by atoms with Gasteiger partial charge in [0.25, 0.3) is 0 Å². The summed E-state index contributed by atoms with van der Waals surface area (Å²) >= 11 is 0. The molecule has 0 bridgehead atoms. The summed E-state index contributed by atoms with van der Waals surface area (Å²) < 4.78 is 16.9. The fraction of sp³-hybridized carbons (Fsp3) is 0.250. The Morgan fingerprint density at radius 2 is 1.71 bits per heavy atom. The number of aromatic nitrogens is 1. The topological polar surface area (TPSA) is 40.6 Å². The minimum atomic E-state index is -0.298. The van der Waals surface area contributed by atoms with Crippen molar-refractivity contribution in [2.24, 2.45) is 0 Å². The molecule has 4 nitrogen and oxygen atoms in total. The molecule has 0 aliphatic carbocycles. The lowest BCUT2D eigenvalue weighted by Gasteiger charge is -2.28. The normalized spacial score (nSPS) is 15.2. The molecule has 4 rings (SSSR count). The molecular weight excluding hydrogens is 302 g/mol. The fourth-order valence-electron chi connectivity index (χ4n) is 3.11. The molecule has 0 amide bonds. The van der Waals surface area contributed by atoms with Crippen LogP contribution in [0.4, 0.5) is 0 Å². The SMILES string of the molecule is COc1cc2cnc3cc4c(cc3c2cc1OC)C=CC(C)(C)O4. The first-order valence-electron chi connectivity index (χ1n) is 7.87. The standard InChI is InChI=1S/C20H19NO3/c1-20(2)6-5-12-7-15-14-9-19(23-4)18(22-3)8-13(14)11-21-16(15)10-17(12)24-20/h5-11H,1-4H3. The number of nitrogens with zero attached hydrogens (tertiary/aromatic N) is 1. The molecule has 0 saturated heterocycles. The molecule has 3 aromatic rings. The molecular formula is C20H19NO3. The minimum absolute atomic E-state index is 0.298. The van der Waals surface area contributed by atoms with E-state index >= 15 is 0 Å². The zero-order valence-electron chi connectivity index (χ0n) is 14.2. The van der Waals surface area contributed by atoms with Crippen LogP contribution in [0.3, 0.4) is 0 Å². The van der Waals surface area contributed by atoms with Crippen molar-refractivity contribution in [2.75, 3.05) is 14.2 Å². The third-order valence-electron chi connectivity index (χ3n) is 4.35. The Kier molecular flexibility index (Phi) is 3.17. The number of ether oxygens (including phenoxy) is 3. The van der Waals surface area contributed by atoms with E-state index < -0.39 is 0 Å². The predicted octanol–water partition coefficient (Wildman–Crippen LogP) is 4.59. The lowest BCUT2D eigenvalue weighted by molar-refractivity contribution is 0.159. The molecule has 1 aliphatic heterocycles. The van der Waals surface area contributed by atoms with Gasteiger partial charge in [-0.1, -0.05) is 6.08 Å². The van der Waals surface area contributed by atoms with Gasteiger partial charge in [0, 0.05) is 28.6 Å². The van der Waals surface area contributed by atoms with Crippen molar-refractivity contribution in [3.05, 3.63) is 42.1 Å². The van der Waals surface area contributed by atoms with Gasteiger partial charge in [-0.2, -0.15) is 0 Å². The quantitative estimate of drug-likeness (QED) is 0.647. The van der Waals surface area contributed by atoms with Crippen LogP contribution in [0.1, 0.15) is 19.4 Å². The van der Waals surface area contributed by atoms with Gasteiger partial charge in [0.1, 0.15) is 11.4 Å². The second-order valence-corrected chi connectivity index (χ2v) is 6.50. The number of benzene rings is 2. The highest BCUT2D eigenvalue weighted by Gasteiger charge is 2.22. The maximum absolute atomic E-state index is 6.05. The van der Waals surface area contributed by atoms with E-state index in [1.54, 1.807) is 14.2 Å². The summed E-state index contributed by atoms with van der Waals surface area (Å²) in [6, 6.07) is 8.08. The predicted molar refractivity (Wildman–Crippen MR) is 96.1 cm³/mol. The molecule has 24 heavy (non-hydrogen) atoms. The molecule has 122 valence electrons. The van der Waals surface area contributed by atoms with E-state index in [1.807, 2.05) is 38.2 Å². The second-order valence-electron chi connectivity index (χ2n) is 6.50. The summed E-state index contributed by atoms with van der Waals surface area (Å²) in [7, 11) is 3.28. The van der Waals surface area contributed by atoms with Crippen molar-refractivity contribution in [3.8, 4) is 17.2 Å². The monoisotopic (exact) mass is 321 g/mol. The van der Waals surface area contributed by atoms with Crippen LogP contribution in [0.2, 0.25) is 0 Å². The summed E-state index contributed by atoms with van der Waals surface area (Å²) in [4.78, 5) is 4.60. The van der Waals surface area contributed by atoms with E-state index in [1.165, 1.54) is 0 Å². The van der Waals surface area contributed by atoms with Crippen molar-refractivity contribution in [3.63, 3.8) is 0 Å². The Balaban J connectivity index is 2.01. The first-order chi connectivity index (χ1) is 11.5. The summed E-state index contributed by atoms with van der Waals surface area (Å²) in [6.07, 6.45) is 6.04. The van der Waals surface area contributed by atoms with Crippen LogP contribution >= 0.6 is 0 Å². The van der Waals surface area contributed by atoms with Crippen molar-refractivity contribution in [2.45, 2.75) is 19.4 Å². The van der Waals surface area contributed by atoms with Crippen molar-refractivity contribution in [1.29, 1.82) is 0 Å². The maximum Gasteiger partial charge on any atom is 0.161 e. The molecule has 4 heteroatoms. The third kappa shape index (κ3) is 2.26. The minimum Gasteiger partial charge on any atom is -0.493 e. The molecule has 0 N–H and O–H groups in total. The molecule has 2 heterocycles. The van der Waals surface area contributed by atoms with Gasteiger partial charge in [-0.05, 0) is 43.5 Å². The average molecular weight is 321 g/mol. The lowest BCUT2D eigenvalue weighted by atomic mass is 9.98. The molecule has 1 aliphatic rings. The number of hydrogen-bond acceptors (Lipinski definition) is 4. The highest BCUT2D eigenvalue weighted by Crippen LogP contribution is 2.39. The Hall–Kier alpha value is -2.75. The van der Waals surface area contributed by atoms with Gasteiger partial charge >= 0.3 is 0 Å². The summed E-state index contributed by atoms with van der Waals surface area (Å²) in [6.45, 7) is 4.09. The highest BCUT2D eigenvalue weighted by atomic mass is 16.5. The van der Waals surface area contributed by atoms with Gasteiger partial charge in [-0.15, -0.1) is 0 Å². The molecule has 0 unspecified atom stereocenters. The molecule has 1 aromatic heterocycles. The number of methoxy groups -OCH3 is 2. The third-order valence-corrected chi connectivity index (χ3v) is 4.35. The van der Waals surface area contributed by atoms with Crippen LogP contribution in [0.25, 0.3) is 27.8 Å². The van der Waals surface area contributed by atoms with Gasteiger partial charge < -0.3 is 14.2 Å². The van der Waals surface area contributed by atoms with Crippen molar-refractivity contribution < 1.29 is 14.2 Å². The Bertz CT molecular complexity index is 989. The summed E-state index contributed by atoms with van der Waals surface area (Å²) in [5.74, 6) is 2.28. The van der Waals surface area contributed by atoms with Crippen molar-refractivity contribution >= 4 is 27.8 Å². The van der Waals surface area contributed by atoms with E-state index in [2.05, 4.69) is 23.2 Å². The number of rotatable bonds is 2. The van der Waals surface area contributed by atoms with E-state index in [0.717, 1.165) is 33.0 Å². The molecule has 0 spiro atoms. The van der Waals surface area contributed by atoms with Gasteiger partial charge in [0.05, 0.1) is 19.7 Å². The molecule has 0 fully saturated rings. The zero-order valence-corrected chi connectivity index (χ0v) is 14.2. The first kappa shape index (κ1) is 14.8. The molecule has 0 atom stereocenters. The first-order valence-corrected chi connectivity index (χ1v) is 7.87. The largest absolute Gasteiger partial charge is 0.493 e. The summed E-state index contributed by atoms with van der Waals surface area (Å²) in [5.41, 5.74) is 1.67. The number of pyridine rings is 1. The van der Waals surface area contributed by atoms with Crippen LogP contribution in [0.15, 0.2) is 36.5 Å². The summed E-state index contributed by atoms with van der Waals surface area (Å²) in [5, 5.41) is 3.17. The zero-order chi connectivity index (χ0) is 16.9. The number of hydrogen-bond donors (Lipinski definition) is 0. The Labute approximate surface area is 140 Å². The van der Waals surface area contributed by atoms with Crippen LogP contribution in [-0.2, 0) is 0 Å². The average Bonchev–Trinajstić information content (AvgIpc) is 2.58. The van der Waals surface area contributed by atoms with Gasteiger partial charge in [0.15, 0.2) is 11.5 Å². The van der Waals surface area contributed by atoms with Crippen LogP contribution in [0.5, 0.6) is 17.2 Å². The lowest BCUT2D eigenvalue weighted by Crippen LogP contribution is -2.27.